The van der Waals surface area contributed by atoms with E-state index >= 15 is 0 Å². The van der Waals surface area contributed by atoms with Crippen molar-refractivity contribution in [3.05, 3.63) is 41.5 Å². The van der Waals surface area contributed by atoms with Crippen LogP contribution in [0.3, 0.4) is 0 Å². The maximum Gasteiger partial charge on any atom is 0.213 e. The van der Waals surface area contributed by atoms with E-state index in [9.17, 15) is 0 Å². The molecule has 0 bridgehead atoms. The summed E-state index contributed by atoms with van der Waals surface area (Å²) in [5, 5.41) is 16.1. The van der Waals surface area contributed by atoms with Gasteiger partial charge in [0.05, 0.1) is 23.3 Å². The molecule has 18 heavy (non-hydrogen) atoms. The topological polar surface area (TPSA) is 79.6 Å². The van der Waals surface area contributed by atoms with E-state index in [1.165, 1.54) is 11.3 Å². The van der Waals surface area contributed by atoms with Crippen LogP contribution >= 0.6 is 11.3 Å². The van der Waals surface area contributed by atoms with Crippen molar-refractivity contribution in [2.75, 3.05) is 0 Å². The highest BCUT2D eigenvalue weighted by molar-refractivity contribution is 7.13. The van der Waals surface area contributed by atoms with Gasteiger partial charge in [-0.05, 0) is 11.4 Å². The van der Waals surface area contributed by atoms with Gasteiger partial charge >= 0.3 is 0 Å². The molecule has 0 saturated heterocycles. The number of thiophene rings is 1. The normalized spacial score (nSPS) is 10.9. The van der Waals surface area contributed by atoms with Gasteiger partial charge in [-0.15, -0.1) is 11.3 Å². The Labute approximate surface area is 107 Å². The third-order valence-corrected chi connectivity index (χ3v) is 3.38. The zero-order valence-electron chi connectivity index (χ0n) is 9.46. The van der Waals surface area contributed by atoms with Crippen LogP contribution in [0.5, 0.6) is 0 Å². The molecular weight excluding hydrogens is 250 g/mol. The van der Waals surface area contributed by atoms with E-state index in [4.69, 9.17) is 0 Å². The van der Waals surface area contributed by atoms with Gasteiger partial charge in [-0.25, -0.2) is 0 Å². The Kier molecular flexibility index (Phi) is 3.16. The summed E-state index contributed by atoms with van der Waals surface area (Å²) in [5.74, 6) is 0.649. The van der Waals surface area contributed by atoms with Gasteiger partial charge < -0.3 is 9.84 Å². The van der Waals surface area contributed by atoms with Gasteiger partial charge in [-0.1, -0.05) is 11.2 Å². The van der Waals surface area contributed by atoms with Crippen LogP contribution in [0.4, 0.5) is 0 Å². The number of aromatic nitrogens is 4. The quantitative estimate of drug-likeness (QED) is 0.732. The maximum atomic E-state index is 4.67. The van der Waals surface area contributed by atoms with Crippen molar-refractivity contribution in [1.82, 2.24) is 25.7 Å². The number of hydrogen-bond acceptors (Lipinski definition) is 6. The highest BCUT2D eigenvalue weighted by Crippen LogP contribution is 2.25. The molecule has 0 aliphatic heterocycles. The smallest absolute Gasteiger partial charge is 0.213 e. The predicted octanol–water partition coefficient (Wildman–Crippen LogP) is 1.81. The second-order valence-corrected chi connectivity index (χ2v) is 4.65. The molecule has 3 aromatic heterocycles. The molecule has 2 N–H and O–H groups in total. The van der Waals surface area contributed by atoms with Crippen molar-refractivity contribution < 1.29 is 4.52 Å². The lowest BCUT2D eigenvalue weighted by Crippen LogP contribution is -2.13. The summed E-state index contributed by atoms with van der Waals surface area (Å²) >= 11 is 1.69. The van der Waals surface area contributed by atoms with E-state index in [0.717, 1.165) is 11.3 Å². The molecule has 92 valence electrons. The SMILES string of the molecule is c1csc(-c2[nH]ncc2CNCc2ncon2)c1. The van der Waals surface area contributed by atoms with Crippen molar-refractivity contribution in [3.8, 4) is 10.6 Å². The first-order valence-electron chi connectivity index (χ1n) is 5.45. The zero-order valence-corrected chi connectivity index (χ0v) is 10.3. The first kappa shape index (κ1) is 11.1. The van der Waals surface area contributed by atoms with E-state index < -0.39 is 0 Å². The molecule has 0 atom stereocenters. The number of nitrogens with zero attached hydrogens (tertiary/aromatic N) is 3. The molecule has 3 heterocycles. The minimum atomic E-state index is 0.575. The van der Waals surface area contributed by atoms with Crippen molar-refractivity contribution >= 4 is 11.3 Å². The third-order valence-electron chi connectivity index (χ3n) is 2.49. The summed E-state index contributed by atoms with van der Waals surface area (Å²) < 4.78 is 4.67. The van der Waals surface area contributed by atoms with Crippen LogP contribution in [0.15, 0.2) is 34.6 Å². The molecule has 7 heteroatoms. The van der Waals surface area contributed by atoms with Crippen LogP contribution in [-0.4, -0.2) is 20.3 Å². The molecule has 0 aliphatic carbocycles. The van der Waals surface area contributed by atoms with E-state index in [-0.39, 0.29) is 0 Å². The number of rotatable bonds is 5. The Bertz CT molecular complexity index is 587. The lowest BCUT2D eigenvalue weighted by molar-refractivity contribution is 0.407. The van der Waals surface area contributed by atoms with Crippen LogP contribution in [0.1, 0.15) is 11.4 Å². The molecule has 0 aromatic carbocycles. The van der Waals surface area contributed by atoms with Crippen molar-refractivity contribution in [1.29, 1.82) is 0 Å². The summed E-state index contributed by atoms with van der Waals surface area (Å²) in [7, 11) is 0. The Morgan fingerprint density at radius 3 is 3.17 bits per heavy atom. The number of H-pyrrole nitrogens is 1. The second-order valence-electron chi connectivity index (χ2n) is 3.70. The van der Waals surface area contributed by atoms with E-state index in [2.05, 4.69) is 36.2 Å². The van der Waals surface area contributed by atoms with Crippen LogP contribution in [-0.2, 0) is 13.1 Å². The third kappa shape index (κ3) is 2.31. The summed E-state index contributed by atoms with van der Waals surface area (Å²) in [4.78, 5) is 5.13. The summed E-state index contributed by atoms with van der Waals surface area (Å²) in [5.41, 5.74) is 2.19. The monoisotopic (exact) mass is 261 g/mol. The van der Waals surface area contributed by atoms with E-state index in [1.807, 2.05) is 17.6 Å². The molecule has 0 aliphatic rings. The fourth-order valence-corrected chi connectivity index (χ4v) is 2.41. The minimum Gasteiger partial charge on any atom is -0.343 e. The Balaban J connectivity index is 1.65. The lowest BCUT2D eigenvalue weighted by atomic mass is 10.2. The molecule has 0 fully saturated rings. The molecule has 0 spiro atoms. The fourth-order valence-electron chi connectivity index (χ4n) is 1.66. The van der Waals surface area contributed by atoms with Crippen LogP contribution in [0.2, 0.25) is 0 Å². The summed E-state index contributed by atoms with van der Waals surface area (Å²) in [6.07, 6.45) is 3.16. The molecule has 3 aromatic rings. The number of hydrogen-bond donors (Lipinski definition) is 2. The summed E-state index contributed by atoms with van der Waals surface area (Å²) in [6.45, 7) is 1.28. The summed E-state index contributed by atoms with van der Waals surface area (Å²) in [6, 6.07) is 4.10. The molecule has 0 unspecified atom stereocenters. The van der Waals surface area contributed by atoms with Gasteiger partial charge in [-0.2, -0.15) is 10.1 Å². The Hall–Kier alpha value is -1.99. The number of aromatic amines is 1. The van der Waals surface area contributed by atoms with Gasteiger partial charge in [-0.3, -0.25) is 5.10 Å². The molecule has 3 rings (SSSR count). The van der Waals surface area contributed by atoms with Crippen LogP contribution in [0, 0.1) is 0 Å². The fraction of sp³-hybridized carbons (Fsp3) is 0.182. The standard InChI is InChI=1S/C11H11N5OS/c1-2-9(18-3-1)11-8(5-14-15-11)4-12-6-10-13-7-17-16-10/h1-3,5,7,12H,4,6H2,(H,14,15). The molecule has 0 amide bonds. The average Bonchev–Trinajstić information content (AvgIpc) is 3.12. The molecule has 0 radical (unpaired) electrons. The molecule has 6 nitrogen and oxygen atoms in total. The first-order chi connectivity index (χ1) is 8.93. The van der Waals surface area contributed by atoms with E-state index in [1.54, 1.807) is 11.3 Å². The van der Waals surface area contributed by atoms with Crippen LogP contribution < -0.4 is 5.32 Å². The minimum absolute atomic E-state index is 0.575. The lowest BCUT2D eigenvalue weighted by Gasteiger charge is -2.01. The average molecular weight is 261 g/mol. The van der Waals surface area contributed by atoms with Gasteiger partial charge in [0.2, 0.25) is 6.39 Å². The number of nitrogens with one attached hydrogen (secondary N) is 2. The Morgan fingerprint density at radius 2 is 2.39 bits per heavy atom. The van der Waals surface area contributed by atoms with Crippen molar-refractivity contribution in [2.24, 2.45) is 0 Å². The maximum absolute atomic E-state index is 4.67. The second kappa shape index (κ2) is 5.11. The van der Waals surface area contributed by atoms with E-state index in [0.29, 0.717) is 18.9 Å². The highest BCUT2D eigenvalue weighted by atomic mass is 32.1. The zero-order chi connectivity index (χ0) is 12.2. The van der Waals surface area contributed by atoms with Crippen molar-refractivity contribution in [2.45, 2.75) is 13.1 Å². The van der Waals surface area contributed by atoms with Crippen molar-refractivity contribution in [3.63, 3.8) is 0 Å². The largest absolute Gasteiger partial charge is 0.343 e. The van der Waals surface area contributed by atoms with Gasteiger partial charge in [0.1, 0.15) is 0 Å². The predicted molar refractivity (Wildman–Crippen MR) is 66.7 cm³/mol. The Morgan fingerprint density at radius 1 is 1.39 bits per heavy atom. The molecular formula is C11H11N5OS. The first-order valence-corrected chi connectivity index (χ1v) is 6.33. The van der Waals surface area contributed by atoms with Gasteiger partial charge in [0.25, 0.3) is 0 Å². The highest BCUT2D eigenvalue weighted by Gasteiger charge is 2.08. The van der Waals surface area contributed by atoms with Gasteiger partial charge in [0, 0.05) is 12.1 Å². The van der Waals surface area contributed by atoms with Crippen LogP contribution in [0.25, 0.3) is 10.6 Å². The van der Waals surface area contributed by atoms with Gasteiger partial charge in [0.15, 0.2) is 5.82 Å². The molecule has 0 saturated carbocycles.